The van der Waals surface area contributed by atoms with E-state index >= 15 is 24.0 Å². The number of nitrogens with two attached hydrogens (primary N) is 3. The molecule has 20 N–H and O–H groups in total. The summed E-state index contributed by atoms with van der Waals surface area (Å²) >= 11 is 0.806. The van der Waals surface area contributed by atoms with Gasteiger partial charge in [0.1, 0.15) is 72.0 Å². The normalized spacial score (nSPS) is 23.4. The van der Waals surface area contributed by atoms with Crippen molar-refractivity contribution in [2.24, 2.45) is 29.0 Å². The molecule has 2 fully saturated rings. The van der Waals surface area contributed by atoms with Crippen molar-refractivity contribution in [2.75, 3.05) is 65.9 Å². The second-order valence-corrected chi connectivity index (χ2v) is 35.8. The Morgan fingerprint density at radius 1 is 0.576 bits per heavy atom. The molecule has 16 amide bonds. The van der Waals surface area contributed by atoms with Gasteiger partial charge in [0.25, 0.3) is 0 Å². The highest BCUT2D eigenvalue weighted by atomic mass is 32.2. The molecule has 0 spiro atoms. The number of primary amides is 2. The maximum Gasteiger partial charge on any atom is 0.246 e. The minimum atomic E-state index is -1.88. The van der Waals surface area contributed by atoms with Gasteiger partial charge in [-0.15, -0.1) is 11.8 Å². The zero-order chi connectivity index (χ0) is 96.8. The van der Waals surface area contributed by atoms with Gasteiger partial charge in [-0.25, -0.2) is 4.98 Å². The van der Waals surface area contributed by atoms with E-state index < -0.39 is 222 Å². The maximum absolute atomic E-state index is 15.8. The van der Waals surface area contributed by atoms with Crippen LogP contribution in [-0.4, -0.2) is 289 Å². The average Bonchev–Trinajstić information content (AvgIpc) is 1.59. The molecule has 8 rings (SSSR count). The zero-order valence-corrected chi connectivity index (χ0v) is 77.7. The van der Waals surface area contributed by atoms with Crippen LogP contribution in [0.5, 0.6) is 0 Å². The second kappa shape index (κ2) is 49.7. The van der Waals surface area contributed by atoms with Crippen LogP contribution in [0.2, 0.25) is 0 Å². The van der Waals surface area contributed by atoms with Crippen LogP contribution in [0.4, 0.5) is 0 Å². The van der Waals surface area contributed by atoms with E-state index in [0.29, 0.717) is 59.0 Å². The monoisotopic (exact) mass is 1850 g/mol. The number of H-pyrrole nitrogens is 3. The van der Waals surface area contributed by atoms with Gasteiger partial charge < -0.3 is 110 Å². The van der Waals surface area contributed by atoms with E-state index in [4.69, 9.17) is 22.6 Å². The first-order valence-corrected chi connectivity index (χ1v) is 45.8. The van der Waals surface area contributed by atoms with Crippen molar-refractivity contribution in [2.45, 2.75) is 230 Å². The number of nitrogens with one attached hydrogen (secondary N) is 14. The molecular weight excluding hydrogens is 1720 g/mol. The summed E-state index contributed by atoms with van der Waals surface area (Å²) in [7, 11) is 5.41. The molecule has 6 aromatic rings. The molecule has 2 aliphatic rings. The van der Waals surface area contributed by atoms with Crippen molar-refractivity contribution < 1.29 is 81.5 Å². The number of Topliss-reactive ketones (excluding diaryl/α,β-unsaturated/α-hetero) is 1. The van der Waals surface area contributed by atoms with Crippen molar-refractivity contribution in [3.05, 3.63) is 126 Å². The van der Waals surface area contributed by atoms with E-state index in [1.54, 1.807) is 68.7 Å². The van der Waals surface area contributed by atoms with Gasteiger partial charge in [-0.05, 0) is 107 Å². The van der Waals surface area contributed by atoms with Gasteiger partial charge in [0, 0.05) is 125 Å². The lowest BCUT2D eigenvalue weighted by molar-refractivity contribution is -0.149. The molecule has 40 nitrogen and oxygen atoms in total. The highest BCUT2D eigenvalue weighted by Crippen LogP contribution is 2.28. The third kappa shape index (κ3) is 29.9. The Morgan fingerprint density at radius 3 is 1.77 bits per heavy atom. The Labute approximate surface area is 771 Å². The summed E-state index contributed by atoms with van der Waals surface area (Å²) in [6.45, 7) is 10.1. The third-order valence-electron chi connectivity index (χ3n) is 23.6. The summed E-state index contributed by atoms with van der Waals surface area (Å²) in [6.07, 6.45) is 6.24. The lowest BCUT2D eigenvalue weighted by atomic mass is 9.91. The largest absolute Gasteiger partial charge is 0.370 e. The number of hydrogen-bond donors (Lipinski definition) is 17. The van der Waals surface area contributed by atoms with Crippen LogP contribution in [-0.2, 0) is 107 Å². The van der Waals surface area contributed by atoms with E-state index in [1.165, 1.54) is 71.3 Å². The number of ketones is 1. The van der Waals surface area contributed by atoms with Crippen LogP contribution in [0.15, 0.2) is 104 Å². The van der Waals surface area contributed by atoms with Crippen molar-refractivity contribution in [3.63, 3.8) is 0 Å². The molecule has 0 unspecified atom stereocenters. The van der Waals surface area contributed by atoms with Crippen molar-refractivity contribution in [1.29, 1.82) is 5.41 Å². The van der Waals surface area contributed by atoms with Crippen molar-refractivity contribution in [1.82, 2.24) is 97.6 Å². The summed E-state index contributed by atoms with van der Waals surface area (Å²) in [4.78, 5) is 268. The van der Waals surface area contributed by atoms with E-state index in [9.17, 15) is 57.5 Å². The Hall–Kier alpha value is -13.2. The van der Waals surface area contributed by atoms with E-state index in [1.807, 2.05) is 50.2 Å². The number of hydrogen-bond acceptors (Lipinski definition) is 20. The number of fused-ring (bicyclic) bond motifs is 3. The molecule has 41 heteroatoms. The van der Waals surface area contributed by atoms with Gasteiger partial charge in [0.05, 0.1) is 31.6 Å². The molecule has 3 aromatic carbocycles. The standard InChI is InChI=1S/C91H129N23O17S/c1-12-14-32-71-82(124)103-64(31-23-35-97-90(94)95)80(122)107-70(79(121)100-47-75(93)117)49-132-50-76(118)102-67(38-54-25-17-16-18-26-54)85(127)111(9)53(5)77(119)105-69(43-74(92)116)87(129)114-36-24-34-72(114)83(125)104-65(42-58-46-96-51-101-58)81(123)106-66(37-52(3)4)84(126)110(8)48-59(115)40-55(39-56-44-98-62-29-21-19-27-60(56)62)78(120)109-91(6,7)89(131)108-68(41-57-45-99-63-30-22-20-28-61(57)63)86(128)113(11)73(33-15-13-2)88(130)112(71)10/h16-22,25-30,44-46,51-53,55,64-73,98-99H,12-15,23-24,31-43,47-50H2,1-11H3,(H2,92,116)(H2,93,117)(H,96,101)(H,100,121)(H,102,118)(H,103,124)(H,104,125)(H,105,119)(H,106,123)(H,107,122)(H,108,131)(H,109,120)(H4,94,95,97)/t53-,55+,64-,65-,66-,67-,68-,69-,70-,71-,72-,73-/m0/s1. The minimum absolute atomic E-state index is 0.0147. The number of para-hydroxylation sites is 2. The van der Waals surface area contributed by atoms with E-state index in [0.717, 1.165) is 37.4 Å². The Kier molecular flexibility index (Phi) is 39.2. The molecular formula is C91H129N23O17S. The fourth-order valence-electron chi connectivity index (χ4n) is 16.1. The van der Waals surface area contributed by atoms with Gasteiger partial charge in [0.15, 0.2) is 11.7 Å². The van der Waals surface area contributed by atoms with Crippen molar-refractivity contribution >= 4 is 140 Å². The number of aromatic nitrogens is 4. The second-order valence-electron chi connectivity index (χ2n) is 34.8. The average molecular weight is 1850 g/mol. The Balaban J connectivity index is 1.18. The lowest BCUT2D eigenvalue weighted by Gasteiger charge is -2.37. The predicted octanol–water partition coefficient (Wildman–Crippen LogP) is 0.370. The number of carbonyl (C=O) groups excluding carboxylic acids is 17. The van der Waals surface area contributed by atoms with Crippen LogP contribution >= 0.6 is 11.8 Å². The molecule has 132 heavy (non-hydrogen) atoms. The predicted molar refractivity (Wildman–Crippen MR) is 494 cm³/mol. The smallest absolute Gasteiger partial charge is 0.246 e. The molecule has 12 atom stereocenters. The lowest BCUT2D eigenvalue weighted by Crippen LogP contribution is -2.62. The number of thioether (sulfide) groups is 1. The van der Waals surface area contributed by atoms with Crippen molar-refractivity contribution in [3.8, 4) is 0 Å². The molecule has 716 valence electrons. The molecule has 2 aliphatic heterocycles. The molecule has 0 aliphatic carbocycles. The number of carbonyl (C=O) groups is 17. The SMILES string of the molecule is CCCC[C@H]1C(=O)N(C)[C@@H](CCCC)C(=O)N[C@@H](CCCNC(=N)N)C(=O)N[C@H](C(=O)NCC(N)=O)CSCC(=O)N[C@@H](Cc2ccccc2)C(=O)N(C)[C@@H](C)C(=O)N[C@@H](CC(N)=O)C(=O)N2CCC[C@H]2C(=O)N[C@@H](Cc2cnc[nH]2)C(=O)N[C@@H](CC(C)C)C(=O)N(C)CC(=O)C[C@@H](Cc2c[nH]c3ccccc23)C(=O)NC(C)(C)C(=O)N[C@@H](Cc2c[nH]c3ccccc23)C(=O)N1C. The first-order chi connectivity index (χ1) is 62.7. The van der Waals surface area contributed by atoms with E-state index in [-0.39, 0.29) is 89.6 Å². The highest BCUT2D eigenvalue weighted by molar-refractivity contribution is 8.00. The number of unbranched alkanes of at least 4 members (excludes halogenated alkanes) is 2. The third-order valence-corrected chi connectivity index (χ3v) is 24.6. The van der Waals surface area contributed by atoms with Gasteiger partial charge in [-0.2, -0.15) is 0 Å². The van der Waals surface area contributed by atoms with Gasteiger partial charge in [-0.1, -0.05) is 120 Å². The van der Waals surface area contributed by atoms with Crippen LogP contribution in [0.3, 0.4) is 0 Å². The first kappa shape index (κ1) is 104. The summed E-state index contributed by atoms with van der Waals surface area (Å²) in [6, 6.07) is 7.04. The zero-order valence-electron chi connectivity index (χ0n) is 76.8. The number of benzene rings is 3. The molecule has 3 aromatic heterocycles. The maximum atomic E-state index is 15.8. The highest BCUT2D eigenvalue weighted by Gasteiger charge is 2.45. The van der Waals surface area contributed by atoms with Gasteiger partial charge >= 0.3 is 0 Å². The summed E-state index contributed by atoms with van der Waals surface area (Å²) < 4.78 is 0. The summed E-state index contributed by atoms with van der Waals surface area (Å²) in [5.41, 5.74) is 18.5. The number of nitrogens with zero attached hydrogens (tertiary/aromatic N) is 6. The topological polar surface area (TPSA) is 589 Å². The minimum Gasteiger partial charge on any atom is -0.370 e. The molecule has 5 heterocycles. The van der Waals surface area contributed by atoms with Gasteiger partial charge in [-0.3, -0.25) is 86.9 Å². The Bertz CT molecular complexity index is 5080. The summed E-state index contributed by atoms with van der Waals surface area (Å²) in [5.74, 6) is -17.2. The molecule has 0 radical (unpaired) electrons. The quantitative estimate of drug-likeness (QED) is 0.0209. The fourth-order valence-corrected chi connectivity index (χ4v) is 17.0. The van der Waals surface area contributed by atoms with E-state index in [2.05, 4.69) is 73.1 Å². The van der Waals surface area contributed by atoms with Crippen LogP contribution in [0.1, 0.15) is 154 Å². The Morgan fingerprint density at radius 2 is 1.16 bits per heavy atom. The fraction of sp³-hybridized carbons (Fsp3) is 0.527. The number of likely N-dealkylation sites (N-methyl/N-ethyl adjacent to an activating group) is 4. The summed E-state index contributed by atoms with van der Waals surface area (Å²) in [5, 5.41) is 36.3. The number of aromatic amines is 3. The number of rotatable bonds is 25. The van der Waals surface area contributed by atoms with Crippen LogP contribution in [0, 0.1) is 17.2 Å². The van der Waals surface area contributed by atoms with Crippen LogP contribution < -0.4 is 70.4 Å². The number of amides is 16. The molecule has 2 saturated heterocycles. The van der Waals surface area contributed by atoms with Gasteiger partial charge in [0.2, 0.25) is 94.5 Å². The number of guanidine groups is 1. The van der Waals surface area contributed by atoms with Crippen LogP contribution in [0.25, 0.3) is 21.8 Å². The molecule has 0 saturated carbocycles. The number of imidazole rings is 1. The first-order valence-electron chi connectivity index (χ1n) is 44.6. The molecule has 0 bridgehead atoms.